The smallest absolute Gasteiger partial charge is 0.0963 e. The van der Waals surface area contributed by atoms with Crippen LogP contribution in [0.2, 0.25) is 0 Å². The van der Waals surface area contributed by atoms with Crippen molar-refractivity contribution in [2.75, 3.05) is 0 Å². The molecule has 0 radical (unpaired) electrons. The molecule has 5 nitrogen and oxygen atoms in total. The van der Waals surface area contributed by atoms with Crippen molar-refractivity contribution < 1.29 is 0 Å². The van der Waals surface area contributed by atoms with E-state index in [1.54, 1.807) is 0 Å². The number of pyridine rings is 3. The highest BCUT2D eigenvalue weighted by molar-refractivity contribution is 6.11. The zero-order chi connectivity index (χ0) is 37.0. The van der Waals surface area contributed by atoms with Gasteiger partial charge in [0.05, 0.1) is 39.0 Å². The molecule has 0 saturated carbocycles. The second kappa shape index (κ2) is 13.0. The Hall–Kier alpha value is -7.63. The average Bonchev–Trinajstić information content (AvgIpc) is 3.79. The van der Waals surface area contributed by atoms with Crippen LogP contribution in [-0.4, -0.2) is 24.1 Å². The van der Waals surface area contributed by atoms with Crippen LogP contribution in [0.5, 0.6) is 0 Å². The van der Waals surface area contributed by atoms with E-state index < -0.39 is 0 Å². The van der Waals surface area contributed by atoms with Crippen molar-refractivity contribution in [2.24, 2.45) is 0 Å². The lowest BCUT2D eigenvalue weighted by molar-refractivity contribution is 1.18. The number of aromatic nitrogens is 5. The van der Waals surface area contributed by atoms with Crippen molar-refractivity contribution in [3.63, 3.8) is 0 Å². The van der Waals surface area contributed by atoms with E-state index in [0.717, 1.165) is 78.1 Å². The minimum Gasteiger partial charge on any atom is -0.309 e. The Labute approximate surface area is 323 Å². The highest BCUT2D eigenvalue weighted by Crippen LogP contribution is 2.39. The second-order valence-corrected chi connectivity index (χ2v) is 14.1. The predicted molar refractivity (Wildman–Crippen MR) is 230 cm³/mol. The summed E-state index contributed by atoms with van der Waals surface area (Å²) in [6, 6.07) is 64.6. The third-order valence-corrected chi connectivity index (χ3v) is 10.8. The monoisotopic (exact) mass is 715 g/mol. The number of hydrogen-bond acceptors (Lipinski definition) is 3. The molecule has 11 rings (SSSR count). The van der Waals surface area contributed by atoms with E-state index in [9.17, 15) is 0 Å². The molecule has 0 spiro atoms. The van der Waals surface area contributed by atoms with Gasteiger partial charge in [-0.05, 0) is 125 Å². The summed E-state index contributed by atoms with van der Waals surface area (Å²) in [5.41, 5.74) is 16.2. The molecule has 0 saturated heterocycles. The Bertz CT molecular complexity index is 3180. The molecule has 0 N–H and O–H groups in total. The summed E-state index contributed by atoms with van der Waals surface area (Å²) in [7, 11) is 0. The van der Waals surface area contributed by atoms with Crippen LogP contribution in [0.25, 0.3) is 99.9 Å². The van der Waals surface area contributed by atoms with Crippen molar-refractivity contribution in [2.45, 2.75) is 0 Å². The number of benzene rings is 6. The third-order valence-electron chi connectivity index (χ3n) is 10.8. The van der Waals surface area contributed by atoms with Crippen LogP contribution in [0.3, 0.4) is 0 Å². The Kier molecular flexibility index (Phi) is 7.42. The quantitative estimate of drug-likeness (QED) is 0.172. The van der Waals surface area contributed by atoms with E-state index in [0.29, 0.717) is 0 Å². The molecule has 0 amide bonds. The fraction of sp³-hybridized carbons (Fsp3) is 0. The predicted octanol–water partition coefficient (Wildman–Crippen LogP) is 12.7. The zero-order valence-electron chi connectivity index (χ0n) is 30.3. The fourth-order valence-electron chi connectivity index (χ4n) is 8.28. The van der Waals surface area contributed by atoms with Crippen LogP contribution in [0, 0.1) is 0 Å². The molecule has 262 valence electrons. The van der Waals surface area contributed by atoms with E-state index in [2.05, 4.69) is 171 Å². The lowest BCUT2D eigenvalue weighted by Crippen LogP contribution is -1.95. The molecule has 0 aliphatic heterocycles. The van der Waals surface area contributed by atoms with E-state index in [1.807, 2.05) is 48.9 Å². The summed E-state index contributed by atoms with van der Waals surface area (Å²) in [6.45, 7) is 0. The molecule has 5 aromatic heterocycles. The summed E-state index contributed by atoms with van der Waals surface area (Å²) in [5, 5.41) is 3.60. The number of nitrogens with zero attached hydrogens (tertiary/aromatic N) is 5. The molecular weight excluding hydrogens is 683 g/mol. The van der Waals surface area contributed by atoms with E-state index in [-0.39, 0.29) is 0 Å². The summed E-state index contributed by atoms with van der Waals surface area (Å²) >= 11 is 0. The standard InChI is InChI=1S/C51H33N5/c1-2-13-40(14-3-1)55-47-19-5-4-16-42(47)43-23-21-36(33-50(43)55)35-22-24-48-44(32-35)51-49(20-11-27-54-51)56(48)41-15-10-12-34(31-41)37-28-38(45-17-6-8-25-52-45)30-39(29-37)46-18-7-9-26-53-46/h1-33H. The molecule has 6 aromatic carbocycles. The van der Waals surface area contributed by atoms with Crippen LogP contribution >= 0.6 is 0 Å². The van der Waals surface area contributed by atoms with Gasteiger partial charge >= 0.3 is 0 Å². The highest BCUT2D eigenvalue weighted by atomic mass is 15.0. The van der Waals surface area contributed by atoms with Gasteiger partial charge in [-0.2, -0.15) is 0 Å². The summed E-state index contributed by atoms with van der Waals surface area (Å²) in [5.74, 6) is 0. The van der Waals surface area contributed by atoms with Gasteiger partial charge in [-0.15, -0.1) is 0 Å². The molecular formula is C51H33N5. The van der Waals surface area contributed by atoms with Crippen LogP contribution in [0.1, 0.15) is 0 Å². The van der Waals surface area contributed by atoms with Crippen molar-refractivity contribution >= 4 is 43.7 Å². The molecule has 0 bridgehead atoms. The first kappa shape index (κ1) is 31.9. The van der Waals surface area contributed by atoms with Crippen LogP contribution in [0.15, 0.2) is 201 Å². The zero-order valence-corrected chi connectivity index (χ0v) is 30.3. The number of fused-ring (bicyclic) bond motifs is 6. The maximum absolute atomic E-state index is 4.95. The first-order chi connectivity index (χ1) is 27.8. The third kappa shape index (κ3) is 5.29. The Morgan fingerprint density at radius 2 is 0.875 bits per heavy atom. The van der Waals surface area contributed by atoms with Gasteiger partial charge in [-0.1, -0.05) is 78.9 Å². The normalized spacial score (nSPS) is 11.6. The van der Waals surface area contributed by atoms with Crippen molar-refractivity contribution in [1.82, 2.24) is 24.1 Å². The van der Waals surface area contributed by atoms with E-state index >= 15 is 0 Å². The van der Waals surface area contributed by atoms with Gasteiger partial charge in [0.15, 0.2) is 0 Å². The molecule has 0 atom stereocenters. The highest BCUT2D eigenvalue weighted by Gasteiger charge is 2.17. The topological polar surface area (TPSA) is 48.5 Å². The van der Waals surface area contributed by atoms with Crippen LogP contribution in [-0.2, 0) is 0 Å². The van der Waals surface area contributed by atoms with Gasteiger partial charge in [0.1, 0.15) is 0 Å². The molecule has 11 aromatic rings. The van der Waals surface area contributed by atoms with Crippen molar-refractivity contribution in [3.05, 3.63) is 201 Å². The van der Waals surface area contributed by atoms with Gasteiger partial charge in [0.25, 0.3) is 0 Å². The molecule has 0 aliphatic carbocycles. The van der Waals surface area contributed by atoms with Gasteiger partial charge in [-0.25, -0.2) is 0 Å². The van der Waals surface area contributed by atoms with Crippen molar-refractivity contribution in [1.29, 1.82) is 0 Å². The maximum atomic E-state index is 4.95. The molecule has 56 heavy (non-hydrogen) atoms. The minimum atomic E-state index is 0.924. The molecule has 5 heterocycles. The number of hydrogen-bond donors (Lipinski definition) is 0. The maximum Gasteiger partial charge on any atom is 0.0963 e. The summed E-state index contributed by atoms with van der Waals surface area (Å²) in [6.07, 6.45) is 5.57. The van der Waals surface area contributed by atoms with Gasteiger partial charge in [0, 0.05) is 57.3 Å². The molecule has 5 heteroatoms. The fourth-order valence-corrected chi connectivity index (χ4v) is 8.28. The second-order valence-electron chi connectivity index (χ2n) is 14.1. The van der Waals surface area contributed by atoms with Crippen LogP contribution in [0.4, 0.5) is 0 Å². The van der Waals surface area contributed by atoms with E-state index in [1.165, 1.54) is 21.8 Å². The Balaban J connectivity index is 1.06. The first-order valence-corrected chi connectivity index (χ1v) is 18.8. The lowest BCUT2D eigenvalue weighted by Gasteiger charge is -2.13. The van der Waals surface area contributed by atoms with Gasteiger partial charge in [0.2, 0.25) is 0 Å². The van der Waals surface area contributed by atoms with Gasteiger partial charge in [-0.3, -0.25) is 15.0 Å². The van der Waals surface area contributed by atoms with Crippen LogP contribution < -0.4 is 0 Å². The SMILES string of the molecule is c1ccc(-n2c3ccccc3c3ccc(-c4ccc5c(c4)c4ncccc4n5-c4cccc(-c5cc(-c6ccccn6)cc(-c6ccccn6)c5)c4)cc32)cc1. The summed E-state index contributed by atoms with van der Waals surface area (Å²) in [4.78, 5) is 14.3. The molecule has 0 aliphatic rings. The Morgan fingerprint density at radius 3 is 1.66 bits per heavy atom. The van der Waals surface area contributed by atoms with Crippen molar-refractivity contribution in [3.8, 4) is 56.1 Å². The first-order valence-electron chi connectivity index (χ1n) is 18.8. The molecule has 0 fully saturated rings. The Morgan fingerprint density at radius 1 is 0.286 bits per heavy atom. The van der Waals surface area contributed by atoms with Gasteiger partial charge < -0.3 is 9.13 Å². The lowest BCUT2D eigenvalue weighted by atomic mass is 9.96. The number of rotatable bonds is 6. The summed E-state index contributed by atoms with van der Waals surface area (Å²) < 4.78 is 4.71. The largest absolute Gasteiger partial charge is 0.309 e. The number of para-hydroxylation sites is 2. The molecule has 0 unspecified atom stereocenters. The van der Waals surface area contributed by atoms with E-state index in [4.69, 9.17) is 4.98 Å². The minimum absolute atomic E-state index is 0.924. The average molecular weight is 716 g/mol.